The predicted octanol–water partition coefficient (Wildman–Crippen LogP) is 8.99. The third kappa shape index (κ3) is 4.13. The fraction of sp³-hybridized carbons (Fsp3) is 0.294. The van der Waals surface area contributed by atoms with Crippen molar-refractivity contribution in [1.82, 2.24) is 0 Å². The number of rotatable bonds is 4. The summed E-state index contributed by atoms with van der Waals surface area (Å²) in [5, 5.41) is 15.9. The summed E-state index contributed by atoms with van der Waals surface area (Å²) < 4.78 is 0. The third-order valence-electron chi connectivity index (χ3n) is 7.83. The Hall–Kier alpha value is -3.16. The molecular weight excluding hydrogens is 424 g/mol. The van der Waals surface area contributed by atoms with E-state index in [4.69, 9.17) is 0 Å². The summed E-state index contributed by atoms with van der Waals surface area (Å²) in [6.07, 6.45) is 9.43. The van der Waals surface area contributed by atoms with Crippen molar-refractivity contribution in [3.63, 3.8) is 0 Å². The first-order valence-electron chi connectivity index (χ1n) is 13.2. The van der Waals surface area contributed by atoms with Crippen LogP contribution in [-0.4, -0.2) is 5.11 Å². The Balaban J connectivity index is 0.000000145. The second kappa shape index (κ2) is 9.84. The summed E-state index contributed by atoms with van der Waals surface area (Å²) in [6, 6.07) is 22.0. The maximum atomic E-state index is 10.4. The maximum Gasteiger partial charge on any atom is 0.101 e. The highest BCUT2D eigenvalue weighted by Gasteiger charge is 2.21. The Morgan fingerprint density at radius 1 is 0.657 bits per heavy atom. The van der Waals surface area contributed by atoms with Crippen LogP contribution in [0.3, 0.4) is 0 Å². The lowest BCUT2D eigenvalue weighted by atomic mass is 9.84. The zero-order valence-electron chi connectivity index (χ0n) is 21.5. The van der Waals surface area contributed by atoms with Crippen molar-refractivity contribution in [2.24, 2.45) is 0 Å². The summed E-state index contributed by atoms with van der Waals surface area (Å²) in [7, 11) is 0. The number of aliphatic hydroxyl groups is 1. The molecule has 0 aromatic heterocycles. The summed E-state index contributed by atoms with van der Waals surface area (Å²) in [5.74, 6) is 0. The first-order valence-corrected chi connectivity index (χ1v) is 13.2. The highest BCUT2D eigenvalue weighted by atomic mass is 16.3. The summed E-state index contributed by atoms with van der Waals surface area (Å²) >= 11 is 0. The van der Waals surface area contributed by atoms with Crippen molar-refractivity contribution in [2.45, 2.75) is 65.9 Å². The maximum absolute atomic E-state index is 10.4. The number of allylic oxidation sites excluding steroid dienone is 1. The van der Waals surface area contributed by atoms with Crippen LogP contribution in [0.1, 0.15) is 80.0 Å². The van der Waals surface area contributed by atoms with Crippen molar-refractivity contribution in [2.75, 3.05) is 0 Å². The van der Waals surface area contributed by atoms with Gasteiger partial charge in [-0.3, -0.25) is 0 Å². The van der Waals surface area contributed by atoms with Gasteiger partial charge < -0.3 is 5.11 Å². The van der Waals surface area contributed by atoms with Crippen molar-refractivity contribution < 1.29 is 5.11 Å². The van der Waals surface area contributed by atoms with Gasteiger partial charge >= 0.3 is 0 Å². The van der Waals surface area contributed by atoms with Gasteiger partial charge in [0.05, 0.1) is 0 Å². The molecule has 0 saturated carbocycles. The van der Waals surface area contributed by atoms with Gasteiger partial charge in [-0.05, 0) is 92.6 Å². The lowest BCUT2D eigenvalue weighted by molar-refractivity contribution is 0.214. The van der Waals surface area contributed by atoms with Crippen LogP contribution in [0.5, 0.6) is 0 Å². The Morgan fingerprint density at radius 3 is 1.91 bits per heavy atom. The van der Waals surface area contributed by atoms with Crippen LogP contribution in [0, 0.1) is 0 Å². The molecule has 6 rings (SSSR count). The minimum atomic E-state index is -0.432. The largest absolute Gasteiger partial charge is 0.384 e. The predicted molar refractivity (Wildman–Crippen MR) is 152 cm³/mol. The van der Waals surface area contributed by atoms with Crippen LogP contribution in [0.4, 0.5) is 0 Å². The number of hydrogen-bond donors (Lipinski definition) is 1. The topological polar surface area (TPSA) is 20.2 Å². The second-order valence-electron chi connectivity index (χ2n) is 9.75. The van der Waals surface area contributed by atoms with Crippen molar-refractivity contribution >= 4 is 33.7 Å². The molecule has 0 heterocycles. The monoisotopic (exact) mass is 460 g/mol. The number of benzene rings is 4. The molecule has 4 aromatic carbocycles. The molecule has 2 aliphatic carbocycles. The van der Waals surface area contributed by atoms with Crippen molar-refractivity contribution in [1.29, 1.82) is 0 Å². The lowest BCUT2D eigenvalue weighted by Gasteiger charge is -2.23. The standard InChI is InChI=1S/C17H18O.C17H18/c1-3-11-8-9-13-10-12(4-2)17(18)15-7-5-6-14(11)16(13)15;1-3-12-10-14-6-5-7-16-13(4-2)8-9-15(11-12)17(14)16/h5-10,17-18H,3-4H2,1-2H3;5-9,11H,3-4,10H2,1-2H3. The van der Waals surface area contributed by atoms with Gasteiger partial charge in [0.15, 0.2) is 0 Å². The van der Waals surface area contributed by atoms with E-state index in [2.05, 4.69) is 101 Å². The van der Waals surface area contributed by atoms with Gasteiger partial charge in [0.1, 0.15) is 6.10 Å². The first kappa shape index (κ1) is 23.6. The molecule has 0 amide bonds. The summed E-state index contributed by atoms with van der Waals surface area (Å²) in [6.45, 7) is 8.76. The molecule has 1 nitrogen and oxygen atoms in total. The molecule has 0 fully saturated rings. The lowest BCUT2D eigenvalue weighted by Crippen LogP contribution is -2.07. The van der Waals surface area contributed by atoms with Gasteiger partial charge in [-0.2, -0.15) is 0 Å². The van der Waals surface area contributed by atoms with E-state index in [0.717, 1.165) is 43.2 Å². The first-order chi connectivity index (χ1) is 17.1. The molecule has 1 N–H and O–H groups in total. The second-order valence-corrected chi connectivity index (χ2v) is 9.75. The van der Waals surface area contributed by atoms with Crippen LogP contribution in [0.2, 0.25) is 0 Å². The van der Waals surface area contributed by atoms with Gasteiger partial charge in [-0.25, -0.2) is 0 Å². The van der Waals surface area contributed by atoms with E-state index in [1.165, 1.54) is 49.4 Å². The van der Waals surface area contributed by atoms with Gasteiger partial charge in [-0.15, -0.1) is 0 Å². The summed E-state index contributed by atoms with van der Waals surface area (Å²) in [5.41, 5.74) is 10.7. The van der Waals surface area contributed by atoms with Crippen LogP contribution >= 0.6 is 0 Å². The molecule has 2 aliphatic rings. The average molecular weight is 461 g/mol. The van der Waals surface area contributed by atoms with Crippen LogP contribution in [0.15, 0.2) is 71.8 Å². The fourth-order valence-corrected chi connectivity index (χ4v) is 5.84. The molecule has 0 bridgehead atoms. The molecule has 1 heteroatoms. The molecule has 35 heavy (non-hydrogen) atoms. The Labute approximate surface area is 209 Å². The molecule has 178 valence electrons. The van der Waals surface area contributed by atoms with Gasteiger partial charge in [0.25, 0.3) is 0 Å². The van der Waals surface area contributed by atoms with E-state index < -0.39 is 6.10 Å². The zero-order chi connectivity index (χ0) is 24.5. The quantitative estimate of drug-likeness (QED) is 0.322. The molecule has 0 saturated heterocycles. The number of aliphatic hydroxyl groups excluding tert-OH is 1. The normalized spacial score (nSPS) is 16.0. The van der Waals surface area contributed by atoms with E-state index in [-0.39, 0.29) is 0 Å². The molecule has 1 atom stereocenters. The van der Waals surface area contributed by atoms with E-state index in [9.17, 15) is 5.11 Å². The van der Waals surface area contributed by atoms with E-state index in [1.807, 2.05) is 0 Å². The zero-order valence-corrected chi connectivity index (χ0v) is 21.5. The summed E-state index contributed by atoms with van der Waals surface area (Å²) in [4.78, 5) is 0. The van der Waals surface area contributed by atoms with Crippen LogP contribution in [-0.2, 0) is 19.3 Å². The highest BCUT2D eigenvalue weighted by Crippen LogP contribution is 2.39. The Kier molecular flexibility index (Phi) is 6.62. The van der Waals surface area contributed by atoms with Crippen molar-refractivity contribution in [3.8, 4) is 0 Å². The van der Waals surface area contributed by atoms with E-state index in [1.54, 1.807) is 5.57 Å². The molecule has 0 radical (unpaired) electrons. The SMILES string of the molecule is CCC1=Cc2ccc(CC)c3cccc(c23)C1.CCC1=Cc2ccc(CC)c3cccc(c23)C1O. The minimum absolute atomic E-state index is 0.432. The van der Waals surface area contributed by atoms with Gasteiger partial charge in [-0.1, -0.05) is 106 Å². The minimum Gasteiger partial charge on any atom is -0.384 e. The van der Waals surface area contributed by atoms with Crippen LogP contribution in [0.25, 0.3) is 33.7 Å². The van der Waals surface area contributed by atoms with E-state index in [0.29, 0.717) is 0 Å². The molecule has 0 aliphatic heterocycles. The third-order valence-corrected chi connectivity index (χ3v) is 7.83. The molecular formula is C34H36O. The number of hydrogen-bond acceptors (Lipinski definition) is 1. The van der Waals surface area contributed by atoms with E-state index >= 15 is 0 Å². The van der Waals surface area contributed by atoms with Gasteiger partial charge in [0.2, 0.25) is 0 Å². The number of aryl methyl sites for hydroxylation is 2. The highest BCUT2D eigenvalue weighted by molar-refractivity contribution is 5.98. The average Bonchev–Trinajstić information content (AvgIpc) is 2.91. The fourth-order valence-electron chi connectivity index (χ4n) is 5.84. The Morgan fingerprint density at radius 2 is 1.29 bits per heavy atom. The van der Waals surface area contributed by atoms with Gasteiger partial charge in [0, 0.05) is 0 Å². The molecule has 0 spiro atoms. The molecule has 1 unspecified atom stereocenters. The smallest absolute Gasteiger partial charge is 0.101 e. The van der Waals surface area contributed by atoms with Crippen LogP contribution < -0.4 is 0 Å². The Bertz CT molecular complexity index is 1470. The molecule has 4 aromatic rings. The van der Waals surface area contributed by atoms with Crippen molar-refractivity contribution in [3.05, 3.63) is 105 Å².